The molecule has 154 valence electrons. The Morgan fingerprint density at radius 1 is 1.14 bits per heavy atom. The van der Waals surface area contributed by atoms with Crippen LogP contribution in [-0.2, 0) is 4.74 Å². The highest BCUT2D eigenvalue weighted by Gasteiger charge is 2.13. The van der Waals surface area contributed by atoms with Gasteiger partial charge in [0.1, 0.15) is 0 Å². The summed E-state index contributed by atoms with van der Waals surface area (Å²) < 4.78 is 5.05. The Hall–Kier alpha value is -2.60. The van der Waals surface area contributed by atoms with Gasteiger partial charge >= 0.3 is 5.97 Å². The fraction of sp³-hybridized carbons (Fsp3) is 0.391. The highest BCUT2D eigenvalue weighted by atomic mass is 32.1. The summed E-state index contributed by atoms with van der Waals surface area (Å²) in [4.78, 5) is 14.3. The van der Waals surface area contributed by atoms with Crippen LogP contribution in [0.3, 0.4) is 0 Å². The first-order valence-electron chi connectivity index (χ1n) is 10.3. The fourth-order valence-electron chi connectivity index (χ4n) is 3.51. The number of anilines is 2. The molecule has 0 amide bonds. The molecule has 1 fully saturated rings. The van der Waals surface area contributed by atoms with Crippen molar-refractivity contribution in [2.24, 2.45) is 0 Å². The van der Waals surface area contributed by atoms with Crippen molar-refractivity contribution in [3.05, 3.63) is 59.7 Å². The predicted molar refractivity (Wildman–Crippen MR) is 123 cm³/mol. The van der Waals surface area contributed by atoms with E-state index in [-0.39, 0.29) is 12.0 Å². The molecule has 0 spiro atoms. The zero-order valence-corrected chi connectivity index (χ0v) is 17.9. The quantitative estimate of drug-likeness (QED) is 0.521. The zero-order valence-electron chi connectivity index (χ0n) is 17.1. The minimum atomic E-state index is -0.336. The Labute approximate surface area is 178 Å². The Bertz CT molecular complexity index is 832. The number of nitrogens with one attached hydrogen (secondary N) is 2. The van der Waals surface area contributed by atoms with Crippen molar-refractivity contribution in [2.75, 3.05) is 29.9 Å². The normalized spacial score (nSPS) is 14.8. The molecule has 0 bridgehead atoms. The molecule has 5 nitrogen and oxygen atoms in total. The van der Waals surface area contributed by atoms with Crippen LogP contribution in [0.25, 0.3) is 0 Å². The Morgan fingerprint density at radius 3 is 2.55 bits per heavy atom. The number of hydrogen-bond donors (Lipinski definition) is 2. The Balaban J connectivity index is 1.56. The van der Waals surface area contributed by atoms with Crippen molar-refractivity contribution < 1.29 is 9.53 Å². The van der Waals surface area contributed by atoms with E-state index in [1.165, 1.54) is 30.5 Å². The monoisotopic (exact) mass is 411 g/mol. The summed E-state index contributed by atoms with van der Waals surface area (Å²) in [5.74, 6) is -0.336. The van der Waals surface area contributed by atoms with Crippen LogP contribution in [0.2, 0.25) is 0 Å². The first-order valence-corrected chi connectivity index (χ1v) is 10.7. The molecule has 0 radical (unpaired) electrons. The molecular formula is C23H29N3O2S. The number of ether oxygens (including phenoxy) is 1. The third kappa shape index (κ3) is 5.94. The van der Waals surface area contributed by atoms with Gasteiger partial charge in [0.25, 0.3) is 0 Å². The van der Waals surface area contributed by atoms with E-state index < -0.39 is 0 Å². The second-order valence-electron chi connectivity index (χ2n) is 7.26. The van der Waals surface area contributed by atoms with Crippen molar-refractivity contribution in [2.45, 2.75) is 39.2 Å². The van der Waals surface area contributed by atoms with Crippen LogP contribution in [0.1, 0.15) is 55.1 Å². The van der Waals surface area contributed by atoms with E-state index in [0.29, 0.717) is 17.3 Å². The molecule has 1 heterocycles. The summed E-state index contributed by atoms with van der Waals surface area (Å²) in [6.07, 6.45) is 3.89. The van der Waals surface area contributed by atoms with Gasteiger partial charge in [-0.25, -0.2) is 4.79 Å². The van der Waals surface area contributed by atoms with Gasteiger partial charge in [0, 0.05) is 24.5 Å². The fourth-order valence-corrected chi connectivity index (χ4v) is 3.81. The van der Waals surface area contributed by atoms with E-state index in [1.807, 2.05) is 6.07 Å². The maximum atomic E-state index is 11.9. The number of hydrogen-bond acceptors (Lipinski definition) is 4. The van der Waals surface area contributed by atoms with Gasteiger partial charge in [-0.1, -0.05) is 18.2 Å². The van der Waals surface area contributed by atoms with Crippen molar-refractivity contribution in [3.8, 4) is 0 Å². The van der Waals surface area contributed by atoms with E-state index in [1.54, 1.807) is 25.1 Å². The maximum Gasteiger partial charge on any atom is 0.338 e. The summed E-state index contributed by atoms with van der Waals surface area (Å²) in [5, 5.41) is 6.97. The minimum Gasteiger partial charge on any atom is -0.462 e. The summed E-state index contributed by atoms with van der Waals surface area (Å²) in [6, 6.07) is 15.9. The lowest BCUT2D eigenvalue weighted by atomic mass is 10.1. The third-order valence-electron chi connectivity index (χ3n) is 5.09. The molecule has 3 rings (SSSR count). The van der Waals surface area contributed by atoms with Crippen LogP contribution in [0.15, 0.2) is 48.5 Å². The molecule has 2 aromatic carbocycles. The van der Waals surface area contributed by atoms with Crippen LogP contribution in [-0.4, -0.2) is 30.8 Å². The third-order valence-corrected chi connectivity index (χ3v) is 5.31. The van der Waals surface area contributed by atoms with Crippen LogP contribution in [0.4, 0.5) is 11.4 Å². The van der Waals surface area contributed by atoms with Crippen molar-refractivity contribution >= 4 is 34.7 Å². The van der Waals surface area contributed by atoms with Gasteiger partial charge in [-0.2, -0.15) is 0 Å². The molecule has 6 heteroatoms. The number of carbonyl (C=O) groups is 1. The van der Waals surface area contributed by atoms with Gasteiger partial charge in [-0.3, -0.25) is 0 Å². The molecule has 2 N–H and O–H groups in total. The number of esters is 1. The topological polar surface area (TPSA) is 53.6 Å². The lowest BCUT2D eigenvalue weighted by Gasteiger charge is -2.29. The van der Waals surface area contributed by atoms with Gasteiger partial charge in [0.05, 0.1) is 18.2 Å². The van der Waals surface area contributed by atoms with E-state index in [9.17, 15) is 4.79 Å². The first kappa shape index (κ1) is 21.1. The lowest BCUT2D eigenvalue weighted by molar-refractivity contribution is 0.0526. The smallest absolute Gasteiger partial charge is 0.338 e. The second-order valence-corrected chi connectivity index (χ2v) is 7.67. The molecule has 1 aliphatic heterocycles. The molecular weight excluding hydrogens is 382 g/mol. The number of benzene rings is 2. The van der Waals surface area contributed by atoms with Gasteiger partial charge in [-0.15, -0.1) is 0 Å². The number of carbonyl (C=O) groups excluding carboxylic acids is 1. The van der Waals surface area contributed by atoms with Crippen LogP contribution >= 0.6 is 12.2 Å². The van der Waals surface area contributed by atoms with E-state index in [2.05, 4.69) is 46.7 Å². The maximum absolute atomic E-state index is 11.9. The molecule has 0 aliphatic carbocycles. The van der Waals surface area contributed by atoms with Crippen LogP contribution < -0.4 is 15.5 Å². The zero-order chi connectivity index (χ0) is 20.6. The largest absolute Gasteiger partial charge is 0.462 e. The summed E-state index contributed by atoms with van der Waals surface area (Å²) in [5.41, 5.74) is 3.72. The molecule has 2 aromatic rings. The van der Waals surface area contributed by atoms with E-state index >= 15 is 0 Å². The van der Waals surface area contributed by atoms with E-state index in [0.717, 1.165) is 18.8 Å². The van der Waals surface area contributed by atoms with Crippen molar-refractivity contribution in [3.63, 3.8) is 0 Å². The molecule has 1 saturated heterocycles. The average molecular weight is 412 g/mol. The van der Waals surface area contributed by atoms with E-state index in [4.69, 9.17) is 17.0 Å². The highest BCUT2D eigenvalue weighted by Crippen LogP contribution is 2.22. The summed E-state index contributed by atoms with van der Waals surface area (Å²) >= 11 is 5.45. The van der Waals surface area contributed by atoms with Gasteiger partial charge < -0.3 is 20.3 Å². The van der Waals surface area contributed by atoms with Gasteiger partial charge in [0.2, 0.25) is 0 Å². The molecule has 0 saturated carbocycles. The number of piperidine rings is 1. The summed E-state index contributed by atoms with van der Waals surface area (Å²) in [6.45, 7) is 6.51. The first-order chi connectivity index (χ1) is 14.1. The number of thiocarbonyl (C=S) groups is 1. The van der Waals surface area contributed by atoms with Crippen LogP contribution in [0.5, 0.6) is 0 Å². The molecule has 1 atom stereocenters. The molecule has 0 aromatic heterocycles. The van der Waals surface area contributed by atoms with Gasteiger partial charge in [-0.05, 0) is 81.2 Å². The molecule has 0 unspecified atom stereocenters. The summed E-state index contributed by atoms with van der Waals surface area (Å²) in [7, 11) is 0. The SMILES string of the molecule is CCOC(=O)c1cccc(NC(=S)N[C@@H](C)c2ccc(N3CCCCC3)cc2)c1. The van der Waals surface area contributed by atoms with Gasteiger partial charge in [0.15, 0.2) is 5.11 Å². The number of rotatable bonds is 6. The Kier molecular flexibility index (Phi) is 7.47. The molecule has 29 heavy (non-hydrogen) atoms. The second kappa shape index (κ2) is 10.3. The Morgan fingerprint density at radius 2 is 1.86 bits per heavy atom. The van der Waals surface area contributed by atoms with Crippen molar-refractivity contribution in [1.29, 1.82) is 0 Å². The number of nitrogens with zero attached hydrogens (tertiary/aromatic N) is 1. The average Bonchev–Trinajstić information content (AvgIpc) is 2.75. The lowest BCUT2D eigenvalue weighted by Crippen LogP contribution is -2.31. The van der Waals surface area contributed by atoms with Crippen LogP contribution in [0, 0.1) is 0 Å². The van der Waals surface area contributed by atoms with Crippen molar-refractivity contribution in [1.82, 2.24) is 5.32 Å². The highest BCUT2D eigenvalue weighted by molar-refractivity contribution is 7.80. The minimum absolute atomic E-state index is 0.0682. The standard InChI is InChI=1S/C23H29N3O2S/c1-3-28-22(27)19-8-7-9-20(16-19)25-23(29)24-17(2)18-10-12-21(13-11-18)26-14-5-4-6-15-26/h7-13,16-17H,3-6,14-15H2,1-2H3,(H2,24,25,29)/t17-/m0/s1. The molecule has 1 aliphatic rings. The predicted octanol–water partition coefficient (Wildman–Crippen LogP) is 4.90.